The van der Waals surface area contributed by atoms with Crippen molar-refractivity contribution in [1.29, 1.82) is 0 Å². The number of rotatable bonds is 5. The maximum atomic E-state index is 12.9. The first-order chi connectivity index (χ1) is 12.6. The first-order valence-electron chi connectivity index (χ1n) is 8.03. The maximum Gasteiger partial charge on any atom is 0.262 e. The summed E-state index contributed by atoms with van der Waals surface area (Å²) in [5, 5.41) is 2.64. The van der Waals surface area contributed by atoms with E-state index >= 15 is 0 Å². The molecule has 26 heavy (non-hydrogen) atoms. The highest BCUT2D eigenvalue weighted by atomic mass is 32.1. The van der Waals surface area contributed by atoms with Gasteiger partial charge in [-0.3, -0.25) is 9.36 Å². The average molecular weight is 386 g/mol. The topological polar surface area (TPSA) is 44.1 Å². The van der Waals surface area contributed by atoms with Gasteiger partial charge in [-0.1, -0.05) is 0 Å². The number of hydrogen-bond acceptors (Lipinski definition) is 5. The van der Waals surface area contributed by atoms with E-state index in [1.807, 2.05) is 18.4 Å². The molecule has 1 aromatic carbocycles. The monoisotopic (exact) mass is 386 g/mol. The predicted molar refractivity (Wildman–Crippen MR) is 104 cm³/mol. The van der Waals surface area contributed by atoms with Gasteiger partial charge in [0.15, 0.2) is 0 Å². The molecule has 3 aromatic heterocycles. The molecule has 7 heteroatoms. The van der Waals surface area contributed by atoms with E-state index in [4.69, 9.17) is 4.74 Å². The van der Waals surface area contributed by atoms with Crippen molar-refractivity contribution in [3.8, 4) is 16.2 Å². The van der Waals surface area contributed by atoms with Gasteiger partial charge in [-0.15, -0.1) is 22.7 Å². The van der Waals surface area contributed by atoms with Gasteiger partial charge in [0.2, 0.25) is 0 Å². The molecule has 0 aliphatic carbocycles. The van der Waals surface area contributed by atoms with Crippen LogP contribution in [-0.4, -0.2) is 16.2 Å². The van der Waals surface area contributed by atoms with E-state index in [1.165, 1.54) is 28.3 Å². The number of benzene rings is 1. The van der Waals surface area contributed by atoms with E-state index in [0.717, 1.165) is 15.3 Å². The maximum absolute atomic E-state index is 12.9. The van der Waals surface area contributed by atoms with Gasteiger partial charge < -0.3 is 4.74 Å². The summed E-state index contributed by atoms with van der Waals surface area (Å²) in [6, 6.07) is 9.90. The van der Waals surface area contributed by atoms with Crippen molar-refractivity contribution in [2.24, 2.45) is 0 Å². The van der Waals surface area contributed by atoms with E-state index in [1.54, 1.807) is 34.4 Å². The summed E-state index contributed by atoms with van der Waals surface area (Å²) in [5.41, 5.74) is 0.870. The zero-order chi connectivity index (χ0) is 18.1. The third-order valence-corrected chi connectivity index (χ3v) is 5.90. The van der Waals surface area contributed by atoms with Crippen LogP contribution in [0.4, 0.5) is 4.39 Å². The van der Waals surface area contributed by atoms with Gasteiger partial charge >= 0.3 is 0 Å². The van der Waals surface area contributed by atoms with Crippen LogP contribution in [0.1, 0.15) is 4.88 Å². The van der Waals surface area contributed by atoms with Gasteiger partial charge in [-0.2, -0.15) is 0 Å². The molecular formula is C19H15FN2O2S2. The minimum Gasteiger partial charge on any atom is -0.492 e. The van der Waals surface area contributed by atoms with Crippen LogP contribution >= 0.6 is 22.7 Å². The SMILES string of the molecule is Cc1ccc(-c2csc3ncn(CCOc4ccc(F)cc4)c(=O)c23)s1. The fourth-order valence-corrected chi connectivity index (χ4v) is 4.54. The minimum absolute atomic E-state index is 0.0694. The molecule has 0 N–H and O–H groups in total. The van der Waals surface area contributed by atoms with E-state index in [0.29, 0.717) is 24.3 Å². The standard InChI is InChI=1S/C19H15FN2O2S2/c1-12-2-7-16(26-12)15-10-25-18-17(15)19(23)22(11-21-18)8-9-24-14-5-3-13(20)4-6-14/h2-7,10-11H,8-9H2,1H3. The normalized spacial score (nSPS) is 11.2. The number of thiophene rings is 2. The first kappa shape index (κ1) is 16.9. The summed E-state index contributed by atoms with van der Waals surface area (Å²) in [4.78, 5) is 20.3. The molecule has 0 saturated heterocycles. The van der Waals surface area contributed by atoms with Crippen molar-refractivity contribution in [2.75, 3.05) is 6.61 Å². The summed E-state index contributed by atoms with van der Waals surface area (Å²) in [7, 11) is 0. The molecule has 3 heterocycles. The second kappa shape index (κ2) is 7.01. The second-order valence-corrected chi connectivity index (χ2v) is 7.93. The summed E-state index contributed by atoms with van der Waals surface area (Å²) in [5.74, 6) is 0.260. The highest BCUT2D eigenvalue weighted by molar-refractivity contribution is 7.19. The van der Waals surface area contributed by atoms with E-state index in [2.05, 4.69) is 11.1 Å². The Labute approximate surface area is 157 Å². The molecule has 0 saturated carbocycles. The lowest BCUT2D eigenvalue weighted by molar-refractivity contribution is 0.295. The molecule has 4 aromatic rings. The smallest absolute Gasteiger partial charge is 0.262 e. The number of hydrogen-bond donors (Lipinski definition) is 0. The van der Waals surface area contributed by atoms with Gasteiger partial charge in [0, 0.05) is 20.7 Å². The number of aryl methyl sites for hydroxylation is 1. The average Bonchev–Trinajstić information content (AvgIpc) is 3.25. The summed E-state index contributed by atoms with van der Waals surface area (Å²) in [6.07, 6.45) is 1.55. The highest BCUT2D eigenvalue weighted by Gasteiger charge is 2.14. The molecule has 0 fully saturated rings. The van der Waals surface area contributed by atoms with E-state index in [9.17, 15) is 9.18 Å². The summed E-state index contributed by atoms with van der Waals surface area (Å²) < 4.78 is 20.1. The summed E-state index contributed by atoms with van der Waals surface area (Å²) in [6.45, 7) is 2.72. The van der Waals surface area contributed by atoms with Crippen molar-refractivity contribution in [3.63, 3.8) is 0 Å². The predicted octanol–water partition coefficient (Wildman–Crippen LogP) is 4.71. The lowest BCUT2D eigenvalue weighted by atomic mass is 10.2. The highest BCUT2D eigenvalue weighted by Crippen LogP contribution is 2.34. The molecule has 0 atom stereocenters. The zero-order valence-corrected chi connectivity index (χ0v) is 15.6. The Kier molecular flexibility index (Phi) is 4.57. The Morgan fingerprint density at radius 3 is 2.73 bits per heavy atom. The van der Waals surface area contributed by atoms with E-state index < -0.39 is 0 Å². The molecule has 0 unspecified atom stereocenters. The fraction of sp³-hybridized carbons (Fsp3) is 0.158. The van der Waals surface area contributed by atoms with Crippen LogP contribution in [0.5, 0.6) is 5.75 Å². The Hall–Kier alpha value is -2.51. The quantitative estimate of drug-likeness (QED) is 0.499. The molecule has 4 rings (SSSR count). The van der Waals surface area contributed by atoms with Crippen molar-refractivity contribution in [1.82, 2.24) is 9.55 Å². The third-order valence-electron chi connectivity index (χ3n) is 3.98. The van der Waals surface area contributed by atoms with Crippen LogP contribution in [0, 0.1) is 12.7 Å². The summed E-state index contributed by atoms with van der Waals surface area (Å²) >= 11 is 3.14. The third kappa shape index (κ3) is 3.27. The van der Waals surface area contributed by atoms with Gasteiger partial charge in [0.05, 0.1) is 18.3 Å². The Morgan fingerprint density at radius 2 is 2.00 bits per heavy atom. The number of ether oxygens (including phenoxy) is 1. The minimum atomic E-state index is -0.308. The first-order valence-corrected chi connectivity index (χ1v) is 9.73. The van der Waals surface area contributed by atoms with Crippen LogP contribution in [0.2, 0.25) is 0 Å². The lowest BCUT2D eigenvalue weighted by Gasteiger charge is -2.08. The van der Waals surface area contributed by atoms with Crippen molar-refractivity contribution >= 4 is 32.9 Å². The Balaban J connectivity index is 1.59. The van der Waals surface area contributed by atoms with Crippen molar-refractivity contribution in [2.45, 2.75) is 13.5 Å². The second-order valence-electron chi connectivity index (χ2n) is 5.79. The lowest BCUT2D eigenvalue weighted by Crippen LogP contribution is -2.23. The van der Waals surface area contributed by atoms with Crippen molar-refractivity contribution in [3.05, 3.63) is 69.2 Å². The van der Waals surface area contributed by atoms with Gasteiger partial charge in [0.25, 0.3) is 5.56 Å². The van der Waals surface area contributed by atoms with Crippen LogP contribution in [0.3, 0.4) is 0 Å². The van der Waals surface area contributed by atoms with Gasteiger partial charge in [0.1, 0.15) is 23.0 Å². The number of halogens is 1. The molecule has 0 spiro atoms. The molecule has 0 radical (unpaired) electrons. The molecular weight excluding hydrogens is 371 g/mol. The molecule has 4 nitrogen and oxygen atoms in total. The number of nitrogens with zero attached hydrogens (tertiary/aromatic N) is 2. The molecule has 0 aliphatic rings. The Morgan fingerprint density at radius 1 is 1.19 bits per heavy atom. The van der Waals surface area contributed by atoms with Crippen molar-refractivity contribution < 1.29 is 9.13 Å². The Bertz CT molecular complexity index is 1110. The van der Waals surface area contributed by atoms with Crippen LogP contribution in [0.15, 0.2) is 52.9 Å². The number of aromatic nitrogens is 2. The molecule has 132 valence electrons. The number of fused-ring (bicyclic) bond motifs is 1. The van der Waals surface area contributed by atoms with Crippen LogP contribution in [-0.2, 0) is 6.54 Å². The fourth-order valence-electron chi connectivity index (χ4n) is 2.68. The molecule has 0 amide bonds. The van der Waals surface area contributed by atoms with Gasteiger partial charge in [-0.05, 0) is 43.3 Å². The van der Waals surface area contributed by atoms with E-state index in [-0.39, 0.29) is 11.4 Å². The van der Waals surface area contributed by atoms with Crippen LogP contribution in [0.25, 0.3) is 20.7 Å². The van der Waals surface area contributed by atoms with Crippen LogP contribution < -0.4 is 10.3 Å². The largest absolute Gasteiger partial charge is 0.492 e. The molecule has 0 aliphatic heterocycles. The molecule has 0 bridgehead atoms. The van der Waals surface area contributed by atoms with Gasteiger partial charge in [-0.25, -0.2) is 9.37 Å². The zero-order valence-electron chi connectivity index (χ0n) is 13.9.